The van der Waals surface area contributed by atoms with Gasteiger partial charge in [-0.05, 0) is 55.1 Å². The smallest absolute Gasteiger partial charge is 0.416 e. The molecule has 0 bridgehead atoms. The van der Waals surface area contributed by atoms with Crippen molar-refractivity contribution in [3.63, 3.8) is 0 Å². The Labute approximate surface area is 235 Å². The number of benzene rings is 3. The largest absolute Gasteiger partial charge is 0.494 e. The minimum absolute atomic E-state index is 0.0588. The molecule has 8 nitrogen and oxygen atoms in total. The van der Waals surface area contributed by atoms with Crippen LogP contribution >= 0.6 is 0 Å². The van der Waals surface area contributed by atoms with Crippen LogP contribution in [0.15, 0.2) is 83.2 Å². The molecule has 0 radical (unpaired) electrons. The van der Waals surface area contributed by atoms with E-state index in [4.69, 9.17) is 4.74 Å². The number of methoxy groups -OCH3 is 1. The number of carbonyl (C=O) groups excluding carboxylic acids is 1. The number of likely N-dealkylation sites (N-methyl/N-ethyl adjacent to an activating group) is 1. The summed E-state index contributed by atoms with van der Waals surface area (Å²) in [6.07, 6.45) is -3.01. The molecule has 1 aliphatic rings. The van der Waals surface area contributed by atoms with Crippen molar-refractivity contribution in [3.8, 4) is 5.75 Å². The molecular weight excluding hydrogens is 533 g/mol. The van der Waals surface area contributed by atoms with Gasteiger partial charge in [0.15, 0.2) is 5.75 Å². The number of hydrogen-bond donors (Lipinski definition) is 1. The first-order valence-corrected chi connectivity index (χ1v) is 13.1. The van der Waals surface area contributed by atoms with Gasteiger partial charge in [0, 0.05) is 49.4 Å². The zero-order valence-electron chi connectivity index (χ0n) is 22.7. The molecule has 1 amide bonds. The average Bonchev–Trinajstić information content (AvgIpc) is 2.97. The molecule has 5 rings (SSSR count). The Morgan fingerprint density at radius 2 is 1.78 bits per heavy atom. The molecule has 0 atom stereocenters. The second kappa shape index (κ2) is 12.0. The summed E-state index contributed by atoms with van der Waals surface area (Å²) in [5.41, 5.74) is 1.26. The summed E-state index contributed by atoms with van der Waals surface area (Å²) >= 11 is 0. The lowest BCUT2D eigenvalue weighted by molar-refractivity contribution is -0.138. The number of pyridine rings is 1. The Morgan fingerprint density at radius 1 is 1.00 bits per heavy atom. The third-order valence-corrected chi connectivity index (χ3v) is 6.96. The Morgan fingerprint density at radius 3 is 2.54 bits per heavy atom. The number of amides is 1. The monoisotopic (exact) mass is 562 g/mol. The van der Waals surface area contributed by atoms with Crippen LogP contribution in [0.1, 0.15) is 21.5 Å². The molecule has 1 saturated heterocycles. The van der Waals surface area contributed by atoms with E-state index in [0.29, 0.717) is 30.2 Å². The van der Waals surface area contributed by atoms with E-state index in [0.717, 1.165) is 30.1 Å². The summed E-state index contributed by atoms with van der Waals surface area (Å²) in [4.78, 5) is 21.5. The number of fused-ring (bicyclic) bond motifs is 1. The van der Waals surface area contributed by atoms with Gasteiger partial charge in [-0.1, -0.05) is 24.3 Å². The molecule has 0 unspecified atom stereocenters. The van der Waals surface area contributed by atoms with Crippen molar-refractivity contribution in [2.75, 3.05) is 45.7 Å². The summed E-state index contributed by atoms with van der Waals surface area (Å²) in [7, 11) is 3.53. The van der Waals surface area contributed by atoms with Crippen LogP contribution in [0.2, 0.25) is 0 Å². The van der Waals surface area contributed by atoms with Gasteiger partial charge in [0.05, 0.1) is 30.1 Å². The van der Waals surface area contributed by atoms with Crippen molar-refractivity contribution < 1.29 is 22.7 Å². The minimum Gasteiger partial charge on any atom is -0.494 e. The van der Waals surface area contributed by atoms with Crippen LogP contribution in [0.25, 0.3) is 10.9 Å². The van der Waals surface area contributed by atoms with E-state index in [9.17, 15) is 18.0 Å². The van der Waals surface area contributed by atoms with Crippen LogP contribution in [0, 0.1) is 0 Å². The molecule has 4 aromatic rings. The van der Waals surface area contributed by atoms with Crippen molar-refractivity contribution in [3.05, 3.63) is 89.6 Å². The van der Waals surface area contributed by atoms with Crippen LogP contribution < -0.4 is 10.1 Å². The van der Waals surface area contributed by atoms with Crippen LogP contribution in [0.3, 0.4) is 0 Å². The summed E-state index contributed by atoms with van der Waals surface area (Å²) in [6, 6.07) is 17.8. The molecule has 41 heavy (non-hydrogen) atoms. The zero-order chi connectivity index (χ0) is 29.0. The average molecular weight is 563 g/mol. The first-order valence-electron chi connectivity index (χ1n) is 13.1. The summed E-state index contributed by atoms with van der Waals surface area (Å²) in [5.74, 6) is -0.0447. The number of halogens is 3. The van der Waals surface area contributed by atoms with E-state index < -0.39 is 17.6 Å². The van der Waals surface area contributed by atoms with E-state index in [1.165, 1.54) is 25.3 Å². The maximum atomic E-state index is 13.9. The Hall–Kier alpha value is -4.35. The van der Waals surface area contributed by atoms with Gasteiger partial charge in [-0.2, -0.15) is 18.3 Å². The quantitative estimate of drug-likeness (QED) is 0.254. The fourth-order valence-electron chi connectivity index (χ4n) is 4.72. The highest BCUT2D eigenvalue weighted by Crippen LogP contribution is 2.36. The second-order valence-electron chi connectivity index (χ2n) is 9.85. The minimum atomic E-state index is -4.55. The van der Waals surface area contributed by atoms with Crippen molar-refractivity contribution in [1.82, 2.24) is 14.8 Å². The third kappa shape index (κ3) is 6.69. The number of para-hydroxylation sites is 1. The van der Waals surface area contributed by atoms with E-state index in [-0.39, 0.29) is 23.4 Å². The van der Waals surface area contributed by atoms with Gasteiger partial charge < -0.3 is 15.0 Å². The van der Waals surface area contributed by atoms with Gasteiger partial charge in [0.25, 0.3) is 5.91 Å². The SMILES string of the molecule is COc1c(N=Nc2cccc(C(=O)Nc3ccc(CN4CCN(C)CC4)c(C(F)(F)F)c3)c2)cnc2ccccc12. The predicted molar refractivity (Wildman–Crippen MR) is 151 cm³/mol. The van der Waals surface area contributed by atoms with Crippen molar-refractivity contribution >= 4 is 33.9 Å². The molecule has 0 aliphatic carbocycles. The number of piperazine rings is 1. The number of rotatable bonds is 7. The first-order chi connectivity index (χ1) is 19.7. The Bertz CT molecular complexity index is 1580. The molecule has 1 aliphatic heterocycles. The second-order valence-corrected chi connectivity index (χ2v) is 9.85. The number of hydrogen-bond acceptors (Lipinski definition) is 7. The molecule has 0 saturated carbocycles. The Balaban J connectivity index is 1.32. The van der Waals surface area contributed by atoms with E-state index in [1.54, 1.807) is 24.4 Å². The van der Waals surface area contributed by atoms with Gasteiger partial charge >= 0.3 is 6.18 Å². The number of alkyl halides is 3. The summed E-state index contributed by atoms with van der Waals surface area (Å²) in [5, 5.41) is 11.9. The molecular formula is C30H29F3N6O2. The van der Waals surface area contributed by atoms with Gasteiger partial charge in [-0.3, -0.25) is 14.7 Å². The van der Waals surface area contributed by atoms with E-state index in [2.05, 4.69) is 25.4 Å². The van der Waals surface area contributed by atoms with Gasteiger partial charge in [0.1, 0.15) is 5.69 Å². The zero-order valence-corrected chi connectivity index (χ0v) is 22.7. The standard InChI is InChI=1S/C30H29F3N6O2/c1-38-12-14-39(15-13-38)19-21-10-11-22(17-25(21)30(31,32)33)35-29(40)20-6-5-7-23(16-20)36-37-27-18-34-26-9-4-3-8-24(26)28(27)41-2/h3-11,16-18H,12-15,19H2,1-2H3,(H,35,40). The van der Waals surface area contributed by atoms with Crippen LogP contribution in [0.4, 0.5) is 30.2 Å². The van der Waals surface area contributed by atoms with Gasteiger partial charge in [-0.25, -0.2) is 0 Å². The van der Waals surface area contributed by atoms with Crippen LogP contribution in [-0.2, 0) is 12.7 Å². The number of anilines is 1. The first kappa shape index (κ1) is 28.2. The Kier molecular flexibility index (Phi) is 8.27. The molecule has 1 N–H and O–H groups in total. The lowest BCUT2D eigenvalue weighted by atomic mass is 10.0. The maximum absolute atomic E-state index is 13.9. The number of azo groups is 1. The lowest BCUT2D eigenvalue weighted by Crippen LogP contribution is -2.44. The molecule has 11 heteroatoms. The van der Waals surface area contributed by atoms with E-state index in [1.807, 2.05) is 36.2 Å². The highest BCUT2D eigenvalue weighted by molar-refractivity contribution is 6.04. The van der Waals surface area contributed by atoms with Crippen LogP contribution in [-0.4, -0.2) is 61.0 Å². The lowest BCUT2D eigenvalue weighted by Gasteiger charge is -2.33. The number of carbonyl (C=O) groups is 1. The van der Waals surface area contributed by atoms with Crippen molar-refractivity contribution in [1.29, 1.82) is 0 Å². The normalized spacial score (nSPS) is 15.0. The molecule has 212 valence electrons. The maximum Gasteiger partial charge on any atom is 0.416 e. The molecule has 1 aromatic heterocycles. The summed E-state index contributed by atoms with van der Waals surface area (Å²) in [6.45, 7) is 3.21. The molecule has 2 heterocycles. The third-order valence-electron chi connectivity index (χ3n) is 6.96. The predicted octanol–water partition coefficient (Wildman–Crippen LogP) is 6.68. The number of aromatic nitrogens is 1. The fourth-order valence-corrected chi connectivity index (χ4v) is 4.72. The highest BCUT2D eigenvalue weighted by atomic mass is 19.4. The van der Waals surface area contributed by atoms with Gasteiger partial charge in [0.2, 0.25) is 0 Å². The number of nitrogens with zero attached hydrogens (tertiary/aromatic N) is 5. The van der Waals surface area contributed by atoms with E-state index >= 15 is 0 Å². The van der Waals surface area contributed by atoms with Crippen LogP contribution in [0.5, 0.6) is 5.75 Å². The highest BCUT2D eigenvalue weighted by Gasteiger charge is 2.34. The summed E-state index contributed by atoms with van der Waals surface area (Å²) < 4.78 is 47.4. The molecule has 1 fully saturated rings. The molecule has 0 spiro atoms. The number of ether oxygens (including phenoxy) is 1. The van der Waals surface area contributed by atoms with Crippen molar-refractivity contribution in [2.45, 2.75) is 12.7 Å². The fraction of sp³-hybridized carbons (Fsp3) is 0.267. The topological polar surface area (TPSA) is 82.4 Å². The molecule has 3 aromatic carbocycles. The number of nitrogens with one attached hydrogen (secondary N) is 1. The van der Waals surface area contributed by atoms with Gasteiger partial charge in [-0.15, -0.1) is 5.11 Å². The van der Waals surface area contributed by atoms with Crippen molar-refractivity contribution in [2.24, 2.45) is 10.2 Å².